The van der Waals surface area contributed by atoms with Crippen molar-refractivity contribution in [3.05, 3.63) is 18.2 Å². The van der Waals surface area contributed by atoms with Crippen LogP contribution in [0.15, 0.2) is 0 Å². The van der Waals surface area contributed by atoms with Crippen molar-refractivity contribution in [3.8, 4) is 0 Å². The van der Waals surface area contributed by atoms with Crippen molar-refractivity contribution in [3.63, 3.8) is 0 Å². The molecule has 1 aromatic heterocycles. The third-order valence-corrected chi connectivity index (χ3v) is 1.39. The van der Waals surface area contributed by atoms with Gasteiger partial charge in [-0.15, -0.1) is 0 Å². The molecule has 0 fully saturated rings. The zero-order valence-corrected chi connectivity index (χ0v) is 7.08. The van der Waals surface area contributed by atoms with Crippen LogP contribution < -0.4 is 0 Å². The largest absolute Gasteiger partial charge is 0.406 e. The van der Waals surface area contributed by atoms with Crippen molar-refractivity contribution in [2.24, 2.45) is 0 Å². The van der Waals surface area contributed by atoms with E-state index in [1.165, 1.54) is 0 Å². The average Bonchev–Trinajstić information content (AvgIpc) is 2.29. The van der Waals surface area contributed by atoms with Gasteiger partial charge >= 0.3 is 12.4 Å². The molecule has 15 heavy (non-hydrogen) atoms. The minimum absolute atomic E-state index is 0.257. The van der Waals surface area contributed by atoms with Gasteiger partial charge in [-0.3, -0.25) is 0 Å². The Labute approximate surface area is 80.5 Å². The Bertz CT molecular complexity index is 292. The van der Waals surface area contributed by atoms with Gasteiger partial charge in [0.15, 0.2) is 6.33 Å². The van der Waals surface area contributed by atoms with Crippen LogP contribution in [0.25, 0.3) is 0 Å². The summed E-state index contributed by atoms with van der Waals surface area (Å²) in [7, 11) is 0. The first-order valence-corrected chi connectivity index (χ1v) is 3.66. The summed E-state index contributed by atoms with van der Waals surface area (Å²) in [5.74, 6) is 0. The topological polar surface area (TPSA) is 17.8 Å². The van der Waals surface area contributed by atoms with Crippen LogP contribution in [0.1, 0.15) is 5.69 Å². The van der Waals surface area contributed by atoms with E-state index in [0.717, 1.165) is 0 Å². The summed E-state index contributed by atoms with van der Waals surface area (Å²) in [4.78, 5) is 3.00. The SMILES string of the molecule is FC(F)(F)Cc1[c]n[c]n1CC(F)(F)F. The first kappa shape index (κ1) is 11.9. The third kappa shape index (κ3) is 4.22. The molecular weight excluding hydrogens is 226 g/mol. The summed E-state index contributed by atoms with van der Waals surface area (Å²) in [6.45, 7) is -1.55. The molecule has 2 nitrogen and oxygen atoms in total. The molecule has 0 spiro atoms. The van der Waals surface area contributed by atoms with Crippen LogP contribution >= 0.6 is 0 Å². The molecule has 1 heterocycles. The van der Waals surface area contributed by atoms with Gasteiger partial charge < -0.3 is 4.57 Å². The highest BCUT2D eigenvalue weighted by molar-refractivity contribution is 4.98. The molecular formula is C7H4F6N2. The van der Waals surface area contributed by atoms with Gasteiger partial charge in [-0.05, 0) is 0 Å². The Kier molecular flexibility index (Phi) is 2.96. The van der Waals surface area contributed by atoms with Gasteiger partial charge in [0.1, 0.15) is 12.7 Å². The number of hydrogen-bond donors (Lipinski definition) is 0. The van der Waals surface area contributed by atoms with Gasteiger partial charge in [0.25, 0.3) is 0 Å². The number of alkyl halides is 6. The number of hydrogen-bond acceptors (Lipinski definition) is 1. The Balaban J connectivity index is 2.79. The molecule has 8 heteroatoms. The van der Waals surface area contributed by atoms with Gasteiger partial charge in [0.2, 0.25) is 0 Å². The van der Waals surface area contributed by atoms with Gasteiger partial charge in [-0.2, -0.15) is 26.3 Å². The molecule has 1 rings (SSSR count). The van der Waals surface area contributed by atoms with E-state index in [2.05, 4.69) is 4.98 Å². The smallest absolute Gasteiger partial charge is 0.315 e. The van der Waals surface area contributed by atoms with Crippen LogP contribution in [0.3, 0.4) is 0 Å². The van der Waals surface area contributed by atoms with Crippen molar-refractivity contribution in [2.75, 3.05) is 0 Å². The minimum Gasteiger partial charge on any atom is -0.315 e. The minimum atomic E-state index is -4.61. The third-order valence-electron chi connectivity index (χ3n) is 1.39. The molecule has 0 unspecified atom stereocenters. The van der Waals surface area contributed by atoms with Gasteiger partial charge in [-0.25, -0.2) is 4.98 Å². The normalized spacial score (nSPS) is 13.2. The maximum Gasteiger partial charge on any atom is 0.406 e. The second-order valence-electron chi connectivity index (χ2n) is 2.76. The molecule has 2 radical (unpaired) electrons. The van der Waals surface area contributed by atoms with Crippen molar-refractivity contribution in [1.29, 1.82) is 0 Å². The van der Waals surface area contributed by atoms with E-state index in [1.54, 1.807) is 6.33 Å². The predicted molar refractivity (Wildman–Crippen MR) is 35.7 cm³/mol. The van der Waals surface area contributed by atoms with Crippen molar-refractivity contribution in [2.45, 2.75) is 25.3 Å². The fraction of sp³-hybridized carbons (Fsp3) is 0.571. The van der Waals surface area contributed by atoms with Crippen molar-refractivity contribution in [1.82, 2.24) is 9.55 Å². The first-order valence-electron chi connectivity index (χ1n) is 3.66. The van der Waals surface area contributed by atoms with Crippen LogP contribution in [-0.2, 0) is 13.0 Å². The van der Waals surface area contributed by atoms with E-state index in [0.29, 0.717) is 0 Å². The lowest BCUT2D eigenvalue weighted by atomic mass is 10.3. The Morgan fingerprint density at radius 2 is 1.67 bits per heavy atom. The van der Waals surface area contributed by atoms with E-state index in [-0.39, 0.29) is 4.57 Å². The molecule has 0 amide bonds. The predicted octanol–water partition coefficient (Wildman–Crippen LogP) is 2.15. The second kappa shape index (κ2) is 3.74. The highest BCUT2D eigenvalue weighted by Gasteiger charge is 2.33. The molecule has 1 aromatic rings. The lowest BCUT2D eigenvalue weighted by molar-refractivity contribution is -0.145. The molecule has 0 bridgehead atoms. The van der Waals surface area contributed by atoms with E-state index in [4.69, 9.17) is 0 Å². The lowest BCUT2D eigenvalue weighted by Gasteiger charge is -2.11. The monoisotopic (exact) mass is 230 g/mol. The maximum absolute atomic E-state index is 11.9. The van der Waals surface area contributed by atoms with Crippen LogP contribution in [0.4, 0.5) is 26.3 Å². The van der Waals surface area contributed by atoms with Crippen molar-refractivity contribution < 1.29 is 26.3 Å². The Morgan fingerprint density at radius 1 is 1.07 bits per heavy atom. The zero-order valence-electron chi connectivity index (χ0n) is 7.08. The highest BCUT2D eigenvalue weighted by atomic mass is 19.4. The molecule has 0 saturated heterocycles. The number of imidazole rings is 1. The number of halogens is 6. The summed E-state index contributed by atoms with van der Waals surface area (Å²) < 4.78 is 71.5. The van der Waals surface area contributed by atoms with Crippen LogP contribution in [0.2, 0.25) is 0 Å². The first-order chi connectivity index (χ1) is 6.67. The standard InChI is InChI=1S/C7H4F6N2/c8-6(9,10)1-5-2-14-4-15(5)3-7(11,12)13/h1,3H2. The second-order valence-corrected chi connectivity index (χ2v) is 2.76. The zero-order chi connectivity index (χ0) is 11.7. The highest BCUT2D eigenvalue weighted by Crippen LogP contribution is 2.23. The van der Waals surface area contributed by atoms with Gasteiger partial charge in [0.05, 0.1) is 12.1 Å². The molecule has 0 aliphatic rings. The van der Waals surface area contributed by atoms with Crippen LogP contribution in [0, 0.1) is 12.5 Å². The molecule has 0 atom stereocenters. The van der Waals surface area contributed by atoms with E-state index >= 15 is 0 Å². The van der Waals surface area contributed by atoms with E-state index in [1.807, 2.05) is 6.20 Å². The Morgan fingerprint density at radius 3 is 2.13 bits per heavy atom. The summed E-state index contributed by atoms with van der Waals surface area (Å²) in [5, 5.41) is 0. The molecule has 0 N–H and O–H groups in total. The van der Waals surface area contributed by atoms with E-state index in [9.17, 15) is 26.3 Å². The molecule has 0 aromatic carbocycles. The molecule has 84 valence electrons. The maximum atomic E-state index is 11.9. The van der Waals surface area contributed by atoms with Gasteiger partial charge in [-0.1, -0.05) is 0 Å². The number of nitrogens with zero attached hydrogens (tertiary/aromatic N) is 2. The summed E-state index contributed by atoms with van der Waals surface area (Å²) in [5.41, 5.74) is -0.681. The summed E-state index contributed by atoms with van der Waals surface area (Å²) in [6, 6.07) is 0. The molecule has 0 saturated carbocycles. The number of rotatable bonds is 2. The van der Waals surface area contributed by atoms with Gasteiger partial charge in [0, 0.05) is 0 Å². The molecule has 0 aliphatic heterocycles. The summed E-state index contributed by atoms with van der Waals surface area (Å²) in [6.07, 6.45) is -7.10. The number of aromatic nitrogens is 2. The summed E-state index contributed by atoms with van der Waals surface area (Å²) >= 11 is 0. The quantitative estimate of drug-likeness (QED) is 0.712. The van der Waals surface area contributed by atoms with Crippen LogP contribution in [0.5, 0.6) is 0 Å². The fourth-order valence-corrected chi connectivity index (χ4v) is 0.905. The van der Waals surface area contributed by atoms with E-state index < -0.39 is 31.0 Å². The van der Waals surface area contributed by atoms with Crippen LogP contribution in [-0.4, -0.2) is 21.9 Å². The Hall–Kier alpha value is -1.21. The average molecular weight is 230 g/mol. The fourth-order valence-electron chi connectivity index (χ4n) is 0.905. The van der Waals surface area contributed by atoms with Crippen molar-refractivity contribution >= 4 is 0 Å². The molecule has 0 aliphatic carbocycles. The lowest BCUT2D eigenvalue weighted by Crippen LogP contribution is -2.21.